The fourth-order valence-corrected chi connectivity index (χ4v) is 2.00. The Morgan fingerprint density at radius 1 is 0.231 bits per heavy atom. The van der Waals surface area contributed by atoms with Gasteiger partial charge in [0.05, 0.1) is 0 Å². The Kier molecular flexibility index (Phi) is 89.0. The average molecular weight is 413 g/mol. The smallest absolute Gasteiger partial charge is 0.0536 e. The summed E-state index contributed by atoms with van der Waals surface area (Å²) in [5.41, 5.74) is 0. The van der Waals surface area contributed by atoms with E-state index in [0.717, 1.165) is 0 Å². The van der Waals surface area contributed by atoms with Crippen molar-refractivity contribution in [3.8, 4) is 0 Å². The molecule has 0 aliphatic rings. The molecule has 0 saturated heterocycles. The molecule has 26 heavy (non-hydrogen) atoms. The van der Waals surface area contributed by atoms with E-state index in [-0.39, 0.29) is 27.0 Å². The van der Waals surface area contributed by atoms with Crippen molar-refractivity contribution in [3.05, 3.63) is 0 Å². The first-order chi connectivity index (χ1) is 11.7. The highest BCUT2D eigenvalue weighted by Gasteiger charge is 1.77. The highest BCUT2D eigenvalue weighted by molar-refractivity contribution is 7.59. The van der Waals surface area contributed by atoms with Crippen LogP contribution in [0.2, 0.25) is 0 Å². The zero-order valence-corrected chi connectivity index (χ0v) is 22.3. The van der Waals surface area contributed by atoms with Crippen molar-refractivity contribution in [2.75, 3.05) is 0 Å². The van der Waals surface area contributed by atoms with E-state index in [1.165, 1.54) is 103 Å². The Hall–Kier alpha value is 0.700. The fraction of sp³-hybridized carbons (Fsp3) is 1.00. The van der Waals surface area contributed by atoms with E-state index in [0.29, 0.717) is 0 Å². The van der Waals surface area contributed by atoms with Crippen molar-refractivity contribution in [2.45, 2.75) is 158 Å². The summed E-state index contributed by atoms with van der Waals surface area (Å²) < 4.78 is 0. The molecule has 0 bridgehead atoms. The molecule has 0 heterocycles. The van der Waals surface area contributed by atoms with Crippen LogP contribution in [0.25, 0.3) is 0 Å². The van der Waals surface area contributed by atoms with Gasteiger partial charge in [0.25, 0.3) is 0 Å². The van der Waals surface area contributed by atoms with Crippen LogP contribution in [0.4, 0.5) is 0 Å². The largest absolute Gasteiger partial charge is 0.197 e. The third-order valence-electron chi connectivity index (χ3n) is 3.83. The molecule has 0 fully saturated rings. The minimum atomic E-state index is 0. The van der Waals surface area contributed by atoms with Gasteiger partial charge in [-0.25, -0.2) is 0 Å². The lowest BCUT2D eigenvalue weighted by atomic mass is 10.2. The summed E-state index contributed by atoms with van der Waals surface area (Å²) in [5.74, 6) is 0. The number of unbranched alkanes of at least 4 members (excludes halogenated alkanes) is 12. The normalized spacial score (nSPS) is 8.31. The molecule has 0 aromatic heterocycles. The molecule has 0 amide bonds. The van der Waals surface area contributed by atoms with Crippen LogP contribution in [0.15, 0.2) is 0 Å². The summed E-state index contributed by atoms with van der Waals surface area (Å²) in [6.45, 7) is 17.9. The molecule has 0 atom stereocenters. The second-order valence-corrected chi connectivity index (χ2v) is 6.83. The Morgan fingerprint density at radius 2 is 0.308 bits per heavy atom. The number of hydrogen-bond donors (Lipinski definition) is 0. The molecule has 0 aromatic rings. The summed E-state index contributed by atoms with van der Waals surface area (Å²) in [5, 5.41) is 0. The van der Waals surface area contributed by atoms with Gasteiger partial charge in [0.15, 0.2) is 0 Å². The Labute approximate surface area is 185 Å². The summed E-state index contributed by atoms with van der Waals surface area (Å²) in [6, 6.07) is 0. The topological polar surface area (TPSA) is 0 Å². The number of rotatable bonds is 12. The maximum absolute atomic E-state index is 2.23. The van der Waals surface area contributed by atoms with Crippen LogP contribution in [-0.2, 0) is 0 Å². The molecule has 0 aliphatic carbocycles. The van der Waals surface area contributed by atoms with E-state index >= 15 is 0 Å². The van der Waals surface area contributed by atoms with Gasteiger partial charge in [-0.1, -0.05) is 158 Å². The Bertz CT molecular complexity index is 90.2. The molecule has 0 radical (unpaired) electrons. The van der Waals surface area contributed by atoms with Crippen molar-refractivity contribution >= 4 is 27.0 Å². The minimum absolute atomic E-state index is 0. The molecule has 0 rings (SSSR count). The molecular formula is C24H60S2. The van der Waals surface area contributed by atoms with Crippen LogP contribution in [0.5, 0.6) is 0 Å². The van der Waals surface area contributed by atoms with Gasteiger partial charge in [0, 0.05) is 0 Å². The Morgan fingerprint density at radius 3 is 0.346 bits per heavy atom. The minimum Gasteiger partial charge on any atom is -0.197 e. The highest BCUT2D eigenvalue weighted by Crippen LogP contribution is 1.97. The zero-order valence-electron chi connectivity index (χ0n) is 20.3. The molecule has 168 valence electrons. The van der Waals surface area contributed by atoms with Gasteiger partial charge in [-0.3, -0.25) is 0 Å². The van der Waals surface area contributed by atoms with Crippen LogP contribution < -0.4 is 0 Å². The first-order valence-electron chi connectivity index (χ1n) is 11.7. The third-order valence-corrected chi connectivity index (χ3v) is 3.83. The summed E-state index contributed by atoms with van der Waals surface area (Å²) in [6.07, 6.45) is 22.1. The first-order valence-corrected chi connectivity index (χ1v) is 11.7. The molecular weight excluding hydrogens is 352 g/mol. The molecule has 0 nitrogen and oxygen atoms in total. The maximum Gasteiger partial charge on any atom is -0.0536 e. The van der Waals surface area contributed by atoms with Crippen molar-refractivity contribution in [2.24, 2.45) is 0 Å². The van der Waals surface area contributed by atoms with Gasteiger partial charge in [-0.05, 0) is 0 Å². The van der Waals surface area contributed by atoms with Gasteiger partial charge in [0.1, 0.15) is 0 Å². The first kappa shape index (κ1) is 41.2. The highest BCUT2D eigenvalue weighted by atomic mass is 32.1. The van der Waals surface area contributed by atoms with E-state index < -0.39 is 0 Å². The van der Waals surface area contributed by atoms with Gasteiger partial charge >= 0.3 is 0 Å². The molecule has 0 aromatic carbocycles. The lowest BCUT2D eigenvalue weighted by Gasteiger charge is -1.86. The van der Waals surface area contributed by atoms with Crippen LogP contribution in [0.3, 0.4) is 0 Å². The molecule has 0 N–H and O–H groups in total. The monoisotopic (exact) mass is 412 g/mol. The van der Waals surface area contributed by atoms with Gasteiger partial charge in [-0.15, -0.1) is 0 Å². The molecule has 0 saturated carbocycles. The molecule has 0 unspecified atom stereocenters. The second-order valence-electron chi connectivity index (χ2n) is 6.83. The van der Waals surface area contributed by atoms with E-state index in [2.05, 4.69) is 55.4 Å². The standard InChI is InChI=1S/4C6H14.2H2S/c4*1-3-5-6-4-2;;/h4*3-6H2,1-2H3;2*1H2. The summed E-state index contributed by atoms with van der Waals surface area (Å²) in [4.78, 5) is 0. The van der Waals surface area contributed by atoms with Crippen LogP contribution in [0, 0.1) is 0 Å². The second kappa shape index (κ2) is 56.2. The maximum atomic E-state index is 2.23. The van der Waals surface area contributed by atoms with Crippen molar-refractivity contribution in [3.63, 3.8) is 0 Å². The van der Waals surface area contributed by atoms with E-state index in [1.54, 1.807) is 0 Å². The quantitative estimate of drug-likeness (QED) is 0.279. The van der Waals surface area contributed by atoms with Gasteiger partial charge in [0.2, 0.25) is 0 Å². The number of hydrogen-bond acceptors (Lipinski definition) is 0. The van der Waals surface area contributed by atoms with E-state index in [4.69, 9.17) is 0 Å². The van der Waals surface area contributed by atoms with Crippen LogP contribution in [0.1, 0.15) is 158 Å². The van der Waals surface area contributed by atoms with Crippen LogP contribution >= 0.6 is 27.0 Å². The predicted octanol–water partition coefficient (Wildman–Crippen LogP) is 10.6. The predicted molar refractivity (Wildman–Crippen MR) is 140 cm³/mol. The van der Waals surface area contributed by atoms with Crippen LogP contribution in [-0.4, -0.2) is 0 Å². The molecule has 2 heteroatoms. The van der Waals surface area contributed by atoms with Gasteiger partial charge < -0.3 is 0 Å². The lowest BCUT2D eigenvalue weighted by molar-refractivity contribution is 0.702. The summed E-state index contributed by atoms with van der Waals surface area (Å²) >= 11 is 0. The van der Waals surface area contributed by atoms with E-state index in [1.807, 2.05) is 0 Å². The van der Waals surface area contributed by atoms with Crippen molar-refractivity contribution < 1.29 is 0 Å². The SMILES string of the molecule is CCCCCC.CCCCCC.CCCCCC.CCCCCC.S.S. The average Bonchev–Trinajstić information content (AvgIpc) is 2.62. The lowest BCUT2D eigenvalue weighted by Crippen LogP contribution is -1.66. The fourth-order valence-electron chi connectivity index (χ4n) is 2.00. The summed E-state index contributed by atoms with van der Waals surface area (Å²) in [7, 11) is 0. The van der Waals surface area contributed by atoms with E-state index in [9.17, 15) is 0 Å². The van der Waals surface area contributed by atoms with Gasteiger partial charge in [-0.2, -0.15) is 27.0 Å². The molecule has 0 aliphatic heterocycles. The van der Waals surface area contributed by atoms with Crippen molar-refractivity contribution in [1.29, 1.82) is 0 Å². The Balaban J connectivity index is -0.0000000500. The third kappa shape index (κ3) is 86.0. The zero-order chi connectivity index (χ0) is 19.3. The molecule has 0 spiro atoms. The van der Waals surface area contributed by atoms with Crippen molar-refractivity contribution in [1.82, 2.24) is 0 Å².